The van der Waals surface area contributed by atoms with Crippen LogP contribution in [0.3, 0.4) is 0 Å². The number of hydrogen-bond acceptors (Lipinski definition) is 5. The van der Waals surface area contributed by atoms with Gasteiger partial charge >= 0.3 is 0 Å². The molecule has 0 amide bonds. The molecule has 0 bridgehead atoms. The van der Waals surface area contributed by atoms with Gasteiger partial charge in [-0.05, 0) is 36.6 Å². The van der Waals surface area contributed by atoms with Crippen LogP contribution in [0.1, 0.15) is 18.4 Å². The molecule has 1 aliphatic heterocycles. The first-order chi connectivity index (χ1) is 12.4. The van der Waals surface area contributed by atoms with Gasteiger partial charge in [0.25, 0.3) is 5.69 Å². The summed E-state index contributed by atoms with van der Waals surface area (Å²) in [6.07, 6.45) is 1.60. The Kier molecular flexibility index (Phi) is 5.59. The second-order valence-corrected chi connectivity index (χ2v) is 8.85. The van der Waals surface area contributed by atoms with Crippen molar-refractivity contribution in [3.63, 3.8) is 0 Å². The summed E-state index contributed by atoms with van der Waals surface area (Å²) in [5.74, 6) is 0. The largest absolute Gasteiger partial charge is 0.380 e. The Balaban J connectivity index is 1.93. The molecular weight excluding hydrogens is 422 g/mol. The van der Waals surface area contributed by atoms with Crippen molar-refractivity contribution in [3.8, 4) is 0 Å². The third kappa shape index (κ3) is 4.05. The molecule has 9 heteroatoms. The minimum absolute atomic E-state index is 0.0503. The molecule has 0 aromatic heterocycles. The fourth-order valence-electron chi connectivity index (χ4n) is 2.85. The van der Waals surface area contributed by atoms with E-state index in [1.54, 1.807) is 0 Å². The lowest BCUT2D eigenvalue weighted by molar-refractivity contribution is -0.385. The highest BCUT2D eigenvalue weighted by atomic mass is 79.9. The van der Waals surface area contributed by atoms with Gasteiger partial charge in [0, 0.05) is 36.2 Å². The molecule has 2 aromatic rings. The van der Waals surface area contributed by atoms with E-state index in [1.807, 2.05) is 24.3 Å². The monoisotopic (exact) mass is 439 g/mol. The van der Waals surface area contributed by atoms with Gasteiger partial charge in [0.2, 0.25) is 10.0 Å². The Morgan fingerprint density at radius 3 is 2.38 bits per heavy atom. The summed E-state index contributed by atoms with van der Waals surface area (Å²) in [7, 11) is -3.78. The van der Waals surface area contributed by atoms with E-state index in [4.69, 9.17) is 0 Å². The number of hydrogen-bond donors (Lipinski definition) is 1. The average Bonchev–Trinajstić information content (AvgIpc) is 3.16. The van der Waals surface area contributed by atoms with Gasteiger partial charge in [0.05, 0.1) is 10.6 Å². The maximum Gasteiger partial charge on any atom is 0.270 e. The van der Waals surface area contributed by atoms with Crippen molar-refractivity contribution in [3.05, 3.63) is 62.6 Å². The Morgan fingerprint density at radius 2 is 1.77 bits per heavy atom. The summed E-state index contributed by atoms with van der Waals surface area (Å²) >= 11 is 3.37. The predicted molar refractivity (Wildman–Crippen MR) is 103 cm³/mol. The van der Waals surface area contributed by atoms with Crippen molar-refractivity contribution in [1.82, 2.24) is 4.31 Å². The molecule has 0 atom stereocenters. The summed E-state index contributed by atoms with van der Waals surface area (Å²) in [4.78, 5) is 10.5. The number of nitro benzene ring substituents is 1. The molecular formula is C17H18BrN3O4S. The molecule has 0 unspecified atom stereocenters. The van der Waals surface area contributed by atoms with Crippen LogP contribution >= 0.6 is 15.9 Å². The number of non-ortho nitro benzene ring substituents is 1. The van der Waals surface area contributed by atoms with Crippen LogP contribution in [0.15, 0.2) is 51.8 Å². The Labute approximate surface area is 160 Å². The molecule has 7 nitrogen and oxygen atoms in total. The zero-order valence-corrected chi connectivity index (χ0v) is 16.3. The fourth-order valence-corrected chi connectivity index (χ4v) is 4.82. The van der Waals surface area contributed by atoms with Crippen molar-refractivity contribution < 1.29 is 13.3 Å². The van der Waals surface area contributed by atoms with Crippen LogP contribution in [-0.4, -0.2) is 30.7 Å². The van der Waals surface area contributed by atoms with E-state index < -0.39 is 14.9 Å². The van der Waals surface area contributed by atoms with Crippen LogP contribution in [0.2, 0.25) is 0 Å². The first-order valence-corrected chi connectivity index (χ1v) is 10.4. The van der Waals surface area contributed by atoms with E-state index in [9.17, 15) is 18.5 Å². The molecule has 1 N–H and O–H groups in total. The van der Waals surface area contributed by atoms with Crippen LogP contribution in [0, 0.1) is 10.1 Å². The molecule has 0 saturated carbocycles. The summed E-state index contributed by atoms with van der Waals surface area (Å²) in [5, 5.41) is 14.2. The van der Waals surface area contributed by atoms with Gasteiger partial charge in [0.15, 0.2) is 0 Å². The number of benzene rings is 2. The Morgan fingerprint density at radius 1 is 1.12 bits per heavy atom. The molecule has 0 radical (unpaired) electrons. The predicted octanol–water partition coefficient (Wildman–Crippen LogP) is 3.75. The molecule has 0 aliphatic carbocycles. The number of sulfonamides is 1. The van der Waals surface area contributed by atoms with Crippen molar-refractivity contribution in [1.29, 1.82) is 0 Å². The topological polar surface area (TPSA) is 92.5 Å². The molecule has 0 spiro atoms. The number of halogens is 1. The number of nitrogens with zero attached hydrogens (tertiary/aromatic N) is 2. The molecule has 2 aromatic carbocycles. The van der Waals surface area contributed by atoms with Crippen LogP contribution in [0.25, 0.3) is 0 Å². The van der Waals surface area contributed by atoms with Crippen molar-refractivity contribution in [2.24, 2.45) is 0 Å². The summed E-state index contributed by atoms with van der Waals surface area (Å²) in [6.45, 7) is 1.29. The van der Waals surface area contributed by atoms with Crippen LogP contribution in [0.4, 0.5) is 11.4 Å². The van der Waals surface area contributed by atoms with Gasteiger partial charge in [-0.1, -0.05) is 28.1 Å². The molecule has 1 saturated heterocycles. The number of nitro groups is 1. The molecule has 1 fully saturated rings. The van der Waals surface area contributed by atoms with Crippen LogP contribution in [-0.2, 0) is 16.6 Å². The van der Waals surface area contributed by atoms with Gasteiger partial charge < -0.3 is 5.32 Å². The van der Waals surface area contributed by atoms with Gasteiger partial charge in [-0.3, -0.25) is 10.1 Å². The average molecular weight is 440 g/mol. The first-order valence-electron chi connectivity index (χ1n) is 8.15. The number of nitrogens with one attached hydrogen (secondary N) is 1. The highest BCUT2D eigenvalue weighted by molar-refractivity contribution is 9.10. The van der Waals surface area contributed by atoms with E-state index in [-0.39, 0.29) is 10.6 Å². The van der Waals surface area contributed by atoms with Crippen molar-refractivity contribution in [2.45, 2.75) is 24.3 Å². The van der Waals surface area contributed by atoms with Crippen LogP contribution < -0.4 is 5.32 Å². The minimum Gasteiger partial charge on any atom is -0.380 e. The third-order valence-electron chi connectivity index (χ3n) is 4.26. The van der Waals surface area contributed by atoms with Gasteiger partial charge in [-0.25, -0.2) is 8.42 Å². The third-order valence-corrected chi connectivity index (χ3v) is 6.72. The van der Waals surface area contributed by atoms with E-state index in [2.05, 4.69) is 21.2 Å². The molecule has 138 valence electrons. The second kappa shape index (κ2) is 7.73. The lowest BCUT2D eigenvalue weighted by Crippen LogP contribution is -2.28. The minimum atomic E-state index is -3.78. The molecule has 26 heavy (non-hydrogen) atoms. The lowest BCUT2D eigenvalue weighted by atomic mass is 10.2. The molecule has 1 heterocycles. The van der Waals surface area contributed by atoms with Crippen LogP contribution in [0.5, 0.6) is 0 Å². The smallest absolute Gasteiger partial charge is 0.270 e. The Hall–Kier alpha value is -1.97. The fraction of sp³-hybridized carbons (Fsp3) is 0.294. The van der Waals surface area contributed by atoms with Gasteiger partial charge in [-0.2, -0.15) is 4.31 Å². The summed E-state index contributed by atoms with van der Waals surface area (Å²) in [5.41, 5.74) is 1.10. The highest BCUT2D eigenvalue weighted by Gasteiger charge is 2.30. The summed E-state index contributed by atoms with van der Waals surface area (Å²) in [6, 6.07) is 11.5. The van der Waals surface area contributed by atoms with E-state index in [0.717, 1.165) is 28.9 Å². The highest BCUT2D eigenvalue weighted by Crippen LogP contribution is 2.31. The normalized spacial score (nSPS) is 15.1. The number of anilines is 1. The van der Waals surface area contributed by atoms with Crippen molar-refractivity contribution >= 4 is 37.3 Å². The summed E-state index contributed by atoms with van der Waals surface area (Å²) < 4.78 is 28.2. The SMILES string of the molecule is O=[N+]([O-])c1ccc(NCc2ccc(Br)cc2)c(S(=O)(=O)N2CCCC2)c1. The molecule has 3 rings (SSSR count). The Bertz CT molecular complexity index is 910. The van der Waals surface area contributed by atoms with E-state index >= 15 is 0 Å². The van der Waals surface area contributed by atoms with E-state index in [0.29, 0.717) is 25.3 Å². The zero-order chi connectivity index (χ0) is 18.7. The standard InChI is InChI=1S/C17H18BrN3O4S/c18-14-5-3-13(4-6-14)12-19-16-8-7-15(21(22)23)11-17(16)26(24,25)20-9-1-2-10-20/h3-8,11,19H,1-2,9-10,12H2. The quantitative estimate of drug-likeness (QED) is 0.546. The second-order valence-electron chi connectivity index (χ2n) is 6.03. The molecule has 1 aliphatic rings. The van der Waals surface area contributed by atoms with E-state index in [1.165, 1.54) is 16.4 Å². The lowest BCUT2D eigenvalue weighted by Gasteiger charge is -2.19. The first kappa shape index (κ1) is 18.8. The van der Waals surface area contributed by atoms with Gasteiger partial charge in [-0.15, -0.1) is 0 Å². The zero-order valence-electron chi connectivity index (χ0n) is 13.9. The maximum absolute atomic E-state index is 12.9. The van der Waals surface area contributed by atoms with Crippen molar-refractivity contribution in [2.75, 3.05) is 18.4 Å². The maximum atomic E-state index is 12.9. The van der Waals surface area contributed by atoms with Gasteiger partial charge in [0.1, 0.15) is 4.90 Å². The number of rotatable bonds is 6.